The van der Waals surface area contributed by atoms with E-state index in [1.807, 2.05) is 0 Å². The van der Waals surface area contributed by atoms with Gasteiger partial charge >= 0.3 is 11.9 Å². The Balaban J connectivity index is 1.99. The Morgan fingerprint density at radius 3 is 2.26 bits per heavy atom. The van der Waals surface area contributed by atoms with E-state index in [1.54, 1.807) is 0 Å². The second-order valence-corrected chi connectivity index (χ2v) is 6.48. The van der Waals surface area contributed by atoms with Gasteiger partial charge in [0.25, 0.3) is 0 Å². The van der Waals surface area contributed by atoms with Gasteiger partial charge in [-0.2, -0.15) is 0 Å². The third-order valence-corrected chi connectivity index (χ3v) is 5.31. The Labute approximate surface area is 135 Å². The zero-order valence-electron chi connectivity index (χ0n) is 12.0. The summed E-state index contributed by atoms with van der Waals surface area (Å²) < 4.78 is 0. The first-order valence-corrected chi connectivity index (χ1v) is 7.70. The normalized spacial score (nSPS) is 24.3. The zero-order valence-corrected chi connectivity index (χ0v) is 12.8. The van der Waals surface area contributed by atoms with Crippen LogP contribution in [0.3, 0.4) is 0 Å². The standard InChI is InChI=1S/C15H13NO6S/c1-6(17)9-12(18)16-10(15(21)22)11(23-13(9)16)7-2-4-8(5-3-7)14(19)20/h2-6,9,13,17H,1H3,(H,19,20)(H,21,22)/t6-,9+,13-/m1/s1. The molecule has 7 nitrogen and oxygen atoms in total. The highest BCUT2D eigenvalue weighted by molar-refractivity contribution is 8.09. The van der Waals surface area contributed by atoms with Gasteiger partial charge in [0.05, 0.1) is 17.6 Å². The fourth-order valence-electron chi connectivity index (χ4n) is 2.75. The predicted octanol–water partition coefficient (Wildman–Crippen LogP) is 1.05. The molecule has 3 N–H and O–H groups in total. The number of hydrogen-bond donors (Lipinski definition) is 3. The van der Waals surface area contributed by atoms with Crippen molar-refractivity contribution in [1.29, 1.82) is 0 Å². The van der Waals surface area contributed by atoms with Crippen molar-refractivity contribution in [3.63, 3.8) is 0 Å². The molecule has 3 rings (SSSR count). The van der Waals surface area contributed by atoms with Crippen LogP contribution in [0.1, 0.15) is 22.8 Å². The number of carboxylic acid groups (broad SMARTS) is 2. The number of carboxylic acids is 2. The highest BCUT2D eigenvalue weighted by atomic mass is 32.2. The Morgan fingerprint density at radius 2 is 1.78 bits per heavy atom. The van der Waals surface area contributed by atoms with Crippen molar-refractivity contribution in [2.45, 2.75) is 18.4 Å². The second kappa shape index (κ2) is 5.39. The summed E-state index contributed by atoms with van der Waals surface area (Å²) in [6, 6.07) is 5.80. The fraction of sp³-hybridized carbons (Fsp3) is 0.267. The molecule has 2 aliphatic rings. The summed E-state index contributed by atoms with van der Waals surface area (Å²) in [4.78, 5) is 36.1. The highest BCUT2D eigenvalue weighted by Crippen LogP contribution is 2.53. The number of aliphatic carboxylic acids is 1. The Hall–Kier alpha value is -2.32. The van der Waals surface area contributed by atoms with Crippen molar-refractivity contribution >= 4 is 34.5 Å². The van der Waals surface area contributed by atoms with Crippen molar-refractivity contribution < 1.29 is 29.7 Å². The van der Waals surface area contributed by atoms with Crippen LogP contribution in [0.4, 0.5) is 0 Å². The Bertz CT molecular complexity index is 739. The molecule has 0 saturated carbocycles. The first kappa shape index (κ1) is 15.6. The summed E-state index contributed by atoms with van der Waals surface area (Å²) in [7, 11) is 0. The van der Waals surface area contributed by atoms with Gasteiger partial charge in [-0.15, -0.1) is 0 Å². The molecular formula is C15H13NO6S. The van der Waals surface area contributed by atoms with Gasteiger partial charge in [0, 0.05) is 4.91 Å². The molecule has 1 amide bonds. The average molecular weight is 335 g/mol. The van der Waals surface area contributed by atoms with Gasteiger partial charge in [0.2, 0.25) is 5.91 Å². The molecular weight excluding hydrogens is 322 g/mol. The number of thioether (sulfide) groups is 1. The number of nitrogens with zero attached hydrogens (tertiary/aromatic N) is 1. The molecule has 0 unspecified atom stereocenters. The summed E-state index contributed by atoms with van der Waals surface area (Å²) in [6.07, 6.45) is -0.861. The van der Waals surface area contributed by atoms with E-state index in [-0.39, 0.29) is 11.3 Å². The van der Waals surface area contributed by atoms with Crippen LogP contribution in [0.5, 0.6) is 0 Å². The van der Waals surface area contributed by atoms with Gasteiger partial charge < -0.3 is 15.3 Å². The van der Waals surface area contributed by atoms with Crippen LogP contribution in [0, 0.1) is 5.92 Å². The highest BCUT2D eigenvalue weighted by Gasteiger charge is 2.57. The lowest BCUT2D eigenvalue weighted by Crippen LogP contribution is -2.60. The summed E-state index contributed by atoms with van der Waals surface area (Å²) in [5.41, 5.74) is 0.504. The minimum atomic E-state index is -1.23. The van der Waals surface area contributed by atoms with E-state index < -0.39 is 35.2 Å². The molecule has 2 heterocycles. The van der Waals surface area contributed by atoms with E-state index in [4.69, 9.17) is 5.11 Å². The van der Waals surface area contributed by atoms with Crippen LogP contribution in [0.2, 0.25) is 0 Å². The van der Waals surface area contributed by atoms with E-state index >= 15 is 0 Å². The summed E-state index contributed by atoms with van der Waals surface area (Å²) in [6.45, 7) is 1.50. The molecule has 23 heavy (non-hydrogen) atoms. The maximum atomic E-state index is 12.1. The van der Waals surface area contributed by atoms with Gasteiger partial charge in [-0.05, 0) is 24.6 Å². The van der Waals surface area contributed by atoms with Crippen molar-refractivity contribution in [1.82, 2.24) is 4.90 Å². The Morgan fingerprint density at radius 1 is 1.17 bits per heavy atom. The third-order valence-electron chi connectivity index (χ3n) is 3.90. The van der Waals surface area contributed by atoms with Crippen molar-refractivity contribution in [3.05, 3.63) is 41.1 Å². The van der Waals surface area contributed by atoms with Gasteiger partial charge in [-0.1, -0.05) is 23.9 Å². The lowest BCUT2D eigenvalue weighted by Gasteiger charge is -2.43. The van der Waals surface area contributed by atoms with Crippen molar-refractivity contribution in [2.24, 2.45) is 5.92 Å². The SMILES string of the molecule is C[C@@H](O)[C@H]1C(=O)N2C(C(=O)O)=C(c3ccc(C(=O)O)cc3)S[C@H]12. The zero-order chi connectivity index (χ0) is 16.9. The van der Waals surface area contributed by atoms with E-state index in [0.29, 0.717) is 10.5 Å². The molecule has 1 fully saturated rings. The van der Waals surface area contributed by atoms with Crippen LogP contribution in [-0.2, 0) is 9.59 Å². The molecule has 0 aromatic heterocycles. The molecule has 3 atom stereocenters. The van der Waals surface area contributed by atoms with Crippen molar-refractivity contribution in [3.8, 4) is 0 Å². The molecule has 0 radical (unpaired) electrons. The molecule has 2 aliphatic heterocycles. The molecule has 0 aliphatic carbocycles. The number of amides is 1. The van der Waals surface area contributed by atoms with E-state index in [1.165, 1.54) is 47.9 Å². The van der Waals surface area contributed by atoms with Gasteiger partial charge in [-0.3, -0.25) is 9.69 Å². The number of aliphatic hydroxyl groups excluding tert-OH is 1. The van der Waals surface area contributed by atoms with Gasteiger partial charge in [0.1, 0.15) is 11.1 Å². The molecule has 1 aromatic carbocycles. The largest absolute Gasteiger partial charge is 0.478 e. The van der Waals surface area contributed by atoms with E-state index in [0.717, 1.165) is 0 Å². The third kappa shape index (κ3) is 2.30. The van der Waals surface area contributed by atoms with Crippen molar-refractivity contribution in [2.75, 3.05) is 0 Å². The van der Waals surface area contributed by atoms with Gasteiger partial charge in [-0.25, -0.2) is 9.59 Å². The number of hydrogen-bond acceptors (Lipinski definition) is 5. The molecule has 0 bridgehead atoms. The lowest BCUT2D eigenvalue weighted by atomic mass is 9.92. The number of rotatable bonds is 4. The van der Waals surface area contributed by atoms with E-state index in [9.17, 15) is 24.6 Å². The molecule has 0 spiro atoms. The summed E-state index contributed by atoms with van der Waals surface area (Å²) in [5.74, 6) is -3.34. The maximum Gasteiger partial charge on any atom is 0.353 e. The summed E-state index contributed by atoms with van der Waals surface area (Å²) in [5, 5.41) is 27.6. The van der Waals surface area contributed by atoms with Crippen LogP contribution in [-0.4, -0.2) is 49.5 Å². The van der Waals surface area contributed by atoms with Crippen LogP contribution in [0.15, 0.2) is 30.0 Å². The minimum absolute atomic E-state index is 0.0930. The van der Waals surface area contributed by atoms with Gasteiger partial charge in [0.15, 0.2) is 0 Å². The number of aromatic carboxylic acids is 1. The quantitative estimate of drug-likeness (QED) is 0.704. The Kier molecular flexibility index (Phi) is 3.65. The molecule has 8 heteroatoms. The molecule has 1 saturated heterocycles. The summed E-state index contributed by atoms with van der Waals surface area (Å²) >= 11 is 1.20. The molecule has 120 valence electrons. The number of aliphatic hydroxyl groups is 1. The first-order chi connectivity index (χ1) is 10.8. The number of carbonyl (C=O) groups is 3. The molecule has 1 aromatic rings. The number of benzene rings is 1. The second-order valence-electron chi connectivity index (χ2n) is 5.35. The smallest absolute Gasteiger partial charge is 0.353 e. The number of β-lactam (4-membered cyclic amide) rings is 1. The van der Waals surface area contributed by atoms with Crippen LogP contribution in [0.25, 0.3) is 4.91 Å². The van der Waals surface area contributed by atoms with E-state index in [2.05, 4.69) is 0 Å². The maximum absolute atomic E-state index is 12.1. The monoisotopic (exact) mass is 335 g/mol. The minimum Gasteiger partial charge on any atom is -0.478 e. The topological polar surface area (TPSA) is 115 Å². The first-order valence-electron chi connectivity index (χ1n) is 6.82. The predicted molar refractivity (Wildman–Crippen MR) is 81.4 cm³/mol. The average Bonchev–Trinajstić information content (AvgIpc) is 2.82. The lowest BCUT2D eigenvalue weighted by molar-refractivity contribution is -0.156. The van der Waals surface area contributed by atoms with Crippen LogP contribution >= 0.6 is 11.8 Å². The number of carbonyl (C=O) groups excluding carboxylic acids is 1. The fourth-order valence-corrected chi connectivity index (χ4v) is 4.37. The number of fused-ring (bicyclic) bond motifs is 1. The van der Waals surface area contributed by atoms with Crippen LogP contribution < -0.4 is 0 Å².